The van der Waals surface area contributed by atoms with Gasteiger partial charge in [0.2, 0.25) is 0 Å². The summed E-state index contributed by atoms with van der Waals surface area (Å²) < 4.78 is 2.00. The molecule has 0 unspecified atom stereocenters. The van der Waals surface area contributed by atoms with E-state index < -0.39 is 24.9 Å². The van der Waals surface area contributed by atoms with Crippen molar-refractivity contribution in [1.29, 1.82) is 0 Å². The first kappa shape index (κ1) is 18.1. The summed E-state index contributed by atoms with van der Waals surface area (Å²) in [5, 5.41) is 50.1. The van der Waals surface area contributed by atoms with Gasteiger partial charge >= 0.3 is 0 Å². The van der Waals surface area contributed by atoms with Gasteiger partial charge in [0.1, 0.15) is 23.8 Å². The molecule has 0 spiro atoms. The van der Waals surface area contributed by atoms with Crippen LogP contribution in [0, 0.1) is 0 Å². The molecule has 138 valence electrons. The number of para-hydroxylation sites is 1. The van der Waals surface area contributed by atoms with Gasteiger partial charge in [0.25, 0.3) is 5.95 Å². The van der Waals surface area contributed by atoms with E-state index >= 15 is 0 Å². The van der Waals surface area contributed by atoms with E-state index in [9.17, 15) is 15.3 Å². The number of fused-ring (bicyclic) bond motifs is 3. The summed E-state index contributed by atoms with van der Waals surface area (Å²) in [5.74, 6) is 0.121. The lowest BCUT2D eigenvalue weighted by Gasteiger charge is -2.17. The van der Waals surface area contributed by atoms with Crippen molar-refractivity contribution < 1.29 is 20.4 Å². The largest absolute Gasteiger partial charge is 0.394 e. The minimum atomic E-state index is -1.56. The summed E-state index contributed by atoms with van der Waals surface area (Å²) in [5.41, 5.74) is 4.86. The van der Waals surface area contributed by atoms with Gasteiger partial charge in [-0.1, -0.05) is 18.2 Å². The average molecular weight is 360 g/mol. The predicted molar refractivity (Wildman–Crippen MR) is 95.7 cm³/mol. The maximum atomic E-state index is 9.68. The van der Waals surface area contributed by atoms with Gasteiger partial charge in [-0.05, 0) is 13.0 Å². The van der Waals surface area contributed by atoms with Gasteiger partial charge < -0.3 is 25.0 Å². The van der Waals surface area contributed by atoms with Crippen molar-refractivity contribution in [2.75, 3.05) is 12.0 Å². The van der Waals surface area contributed by atoms with E-state index in [1.807, 2.05) is 35.8 Å². The third-order valence-electron chi connectivity index (χ3n) is 4.01. The molecule has 0 amide bonds. The van der Waals surface area contributed by atoms with Crippen LogP contribution < -0.4 is 5.43 Å². The molecule has 0 saturated carbocycles. The summed E-state index contributed by atoms with van der Waals surface area (Å²) >= 11 is 0. The summed E-state index contributed by atoms with van der Waals surface area (Å²) in [7, 11) is 0. The van der Waals surface area contributed by atoms with Gasteiger partial charge in [0.05, 0.1) is 18.3 Å². The number of hydrazone groups is 1. The SMILES string of the molecule is CCn1c2ccccc2c2nnc(NN=C[C@H](O)[C@H](O)[C@H](O)CO)nc21. The van der Waals surface area contributed by atoms with E-state index in [4.69, 9.17) is 5.11 Å². The van der Waals surface area contributed by atoms with E-state index in [1.54, 1.807) is 0 Å². The zero-order valence-corrected chi connectivity index (χ0v) is 14.1. The Morgan fingerprint density at radius 2 is 2.00 bits per heavy atom. The number of benzene rings is 1. The molecule has 3 aromatic rings. The van der Waals surface area contributed by atoms with E-state index in [-0.39, 0.29) is 5.95 Å². The molecule has 0 radical (unpaired) electrons. The number of rotatable bonds is 7. The van der Waals surface area contributed by atoms with Crippen molar-refractivity contribution in [3.63, 3.8) is 0 Å². The average Bonchev–Trinajstić information content (AvgIpc) is 2.99. The number of nitrogens with one attached hydrogen (secondary N) is 1. The first-order valence-corrected chi connectivity index (χ1v) is 8.12. The highest BCUT2D eigenvalue weighted by atomic mass is 16.4. The van der Waals surface area contributed by atoms with Crippen LogP contribution >= 0.6 is 0 Å². The van der Waals surface area contributed by atoms with Gasteiger partial charge in [0, 0.05) is 11.9 Å². The summed E-state index contributed by atoms with van der Waals surface area (Å²) in [6, 6.07) is 7.80. The molecule has 0 aliphatic heterocycles. The maximum Gasteiger partial charge on any atom is 0.265 e. The lowest BCUT2D eigenvalue weighted by molar-refractivity contribution is -0.0541. The fraction of sp³-hybridized carbons (Fsp3) is 0.375. The van der Waals surface area contributed by atoms with E-state index in [1.165, 1.54) is 0 Å². The molecule has 10 heteroatoms. The Balaban J connectivity index is 1.83. The van der Waals surface area contributed by atoms with Gasteiger partial charge in [0.15, 0.2) is 5.65 Å². The van der Waals surface area contributed by atoms with Crippen LogP contribution in [0.25, 0.3) is 22.1 Å². The van der Waals surface area contributed by atoms with Crippen molar-refractivity contribution in [1.82, 2.24) is 19.7 Å². The Kier molecular flexibility index (Phi) is 5.38. The molecular formula is C16H20N6O4. The maximum absolute atomic E-state index is 9.68. The highest BCUT2D eigenvalue weighted by Gasteiger charge is 2.22. The van der Waals surface area contributed by atoms with Crippen molar-refractivity contribution in [2.24, 2.45) is 5.10 Å². The lowest BCUT2D eigenvalue weighted by Crippen LogP contribution is -2.40. The van der Waals surface area contributed by atoms with Gasteiger partial charge in [-0.15, -0.1) is 10.2 Å². The summed E-state index contributed by atoms with van der Waals surface area (Å²) in [4.78, 5) is 4.41. The second-order valence-electron chi connectivity index (χ2n) is 5.69. The molecule has 0 saturated heterocycles. The van der Waals surface area contributed by atoms with Crippen LogP contribution in [0.5, 0.6) is 0 Å². The molecular weight excluding hydrogens is 340 g/mol. The molecule has 2 aromatic heterocycles. The van der Waals surface area contributed by atoms with Crippen LogP contribution in [-0.2, 0) is 6.54 Å². The number of aliphatic hydroxyl groups excluding tert-OH is 4. The molecule has 0 bridgehead atoms. The number of hydrogen-bond acceptors (Lipinski definition) is 9. The quantitative estimate of drug-likeness (QED) is 0.279. The highest BCUT2D eigenvalue weighted by Crippen LogP contribution is 2.25. The Bertz CT molecular complexity index is 928. The number of anilines is 1. The molecule has 1 aromatic carbocycles. The standard InChI is InChI=1S/C16H20N6O4/c1-2-22-10-6-4-3-5-9(10)13-15(22)18-16(21-19-13)20-17-7-11(24)14(26)12(25)8-23/h3-7,11-12,14,23-26H,2,8H2,1H3,(H,18,20,21)/t11-,12+,14-/m0/s1. The molecule has 10 nitrogen and oxygen atoms in total. The topological polar surface area (TPSA) is 149 Å². The van der Waals surface area contributed by atoms with Crippen LogP contribution in [-0.4, -0.2) is 71.3 Å². The van der Waals surface area contributed by atoms with Crippen molar-refractivity contribution in [3.8, 4) is 0 Å². The Hall–Kier alpha value is -2.66. The normalized spacial score (nSPS) is 15.6. The predicted octanol–water partition coefficient (Wildman–Crippen LogP) is -0.528. The molecule has 0 aliphatic carbocycles. The van der Waals surface area contributed by atoms with E-state index in [2.05, 4.69) is 25.7 Å². The van der Waals surface area contributed by atoms with Crippen LogP contribution in [0.4, 0.5) is 5.95 Å². The minimum absolute atomic E-state index is 0.121. The number of aromatic nitrogens is 4. The molecule has 5 N–H and O–H groups in total. The number of aryl methyl sites for hydroxylation is 1. The van der Waals surface area contributed by atoms with Crippen molar-refractivity contribution >= 4 is 34.2 Å². The monoisotopic (exact) mass is 360 g/mol. The number of hydrogen-bond donors (Lipinski definition) is 5. The first-order valence-electron chi connectivity index (χ1n) is 8.12. The van der Waals surface area contributed by atoms with Crippen molar-refractivity contribution in [2.45, 2.75) is 31.8 Å². The molecule has 3 atom stereocenters. The third-order valence-corrected chi connectivity index (χ3v) is 4.01. The van der Waals surface area contributed by atoms with Gasteiger partial charge in [-0.25, -0.2) is 5.43 Å². The summed E-state index contributed by atoms with van der Waals surface area (Å²) in [6.07, 6.45) is -3.52. The minimum Gasteiger partial charge on any atom is -0.394 e. The molecule has 2 heterocycles. The zero-order valence-electron chi connectivity index (χ0n) is 14.1. The van der Waals surface area contributed by atoms with Crippen molar-refractivity contribution in [3.05, 3.63) is 24.3 Å². The van der Waals surface area contributed by atoms with E-state index in [0.717, 1.165) is 17.1 Å². The fourth-order valence-electron chi connectivity index (χ4n) is 2.67. The Morgan fingerprint density at radius 1 is 1.23 bits per heavy atom. The van der Waals surface area contributed by atoms with Crippen LogP contribution in [0.3, 0.4) is 0 Å². The second kappa shape index (κ2) is 7.70. The zero-order chi connectivity index (χ0) is 18.7. The summed E-state index contributed by atoms with van der Waals surface area (Å²) in [6.45, 7) is 2.03. The van der Waals surface area contributed by atoms with Gasteiger partial charge in [-0.3, -0.25) is 0 Å². The number of aliphatic hydroxyl groups is 4. The lowest BCUT2D eigenvalue weighted by atomic mass is 10.1. The fourth-order valence-corrected chi connectivity index (χ4v) is 2.67. The third kappa shape index (κ3) is 3.35. The highest BCUT2D eigenvalue weighted by molar-refractivity contribution is 6.04. The smallest absolute Gasteiger partial charge is 0.265 e. The molecule has 0 fully saturated rings. The number of nitrogens with zero attached hydrogens (tertiary/aromatic N) is 5. The van der Waals surface area contributed by atoms with E-state index in [0.29, 0.717) is 17.7 Å². The molecule has 0 aliphatic rings. The van der Waals surface area contributed by atoms with Crippen LogP contribution in [0.15, 0.2) is 29.4 Å². The molecule has 3 rings (SSSR count). The Labute approximate surface area is 148 Å². The van der Waals surface area contributed by atoms with Gasteiger partial charge in [-0.2, -0.15) is 10.1 Å². The Morgan fingerprint density at radius 3 is 2.73 bits per heavy atom. The first-order chi connectivity index (χ1) is 12.6. The molecule has 26 heavy (non-hydrogen) atoms. The van der Waals surface area contributed by atoms with Crippen LogP contribution in [0.2, 0.25) is 0 Å². The second-order valence-corrected chi connectivity index (χ2v) is 5.69. The van der Waals surface area contributed by atoms with Crippen LogP contribution in [0.1, 0.15) is 6.92 Å².